The summed E-state index contributed by atoms with van der Waals surface area (Å²) in [6.45, 7) is 0.716. The van der Waals surface area contributed by atoms with Gasteiger partial charge in [-0.25, -0.2) is 4.98 Å². The summed E-state index contributed by atoms with van der Waals surface area (Å²) < 4.78 is 8.17. The van der Waals surface area contributed by atoms with Crippen molar-refractivity contribution in [2.45, 2.75) is 44.4 Å². The van der Waals surface area contributed by atoms with Gasteiger partial charge >= 0.3 is 0 Å². The predicted octanol–water partition coefficient (Wildman–Crippen LogP) is 5.07. The molecule has 0 bridgehead atoms. The zero-order valence-electron chi connectivity index (χ0n) is 19.9. The number of halogens is 1. The average molecular weight is 502 g/mol. The van der Waals surface area contributed by atoms with Crippen LogP contribution in [0.3, 0.4) is 0 Å². The second-order valence-electron chi connectivity index (χ2n) is 9.18. The van der Waals surface area contributed by atoms with Crippen molar-refractivity contribution in [3.05, 3.63) is 111 Å². The van der Waals surface area contributed by atoms with Crippen LogP contribution < -0.4 is 10.9 Å². The van der Waals surface area contributed by atoms with Crippen molar-refractivity contribution in [1.29, 1.82) is 0 Å². The van der Waals surface area contributed by atoms with Crippen LogP contribution in [0.25, 0.3) is 10.9 Å². The molecule has 2 atom stereocenters. The first kappa shape index (κ1) is 24.2. The van der Waals surface area contributed by atoms with Crippen LogP contribution in [0.2, 0.25) is 5.02 Å². The molecule has 1 fully saturated rings. The summed E-state index contributed by atoms with van der Waals surface area (Å²) in [7, 11) is 0. The maximum Gasteiger partial charge on any atom is 0.261 e. The molecule has 36 heavy (non-hydrogen) atoms. The second-order valence-corrected chi connectivity index (χ2v) is 9.61. The highest BCUT2D eigenvalue weighted by Crippen LogP contribution is 2.25. The summed E-state index contributed by atoms with van der Waals surface area (Å²) in [6, 6.07) is 25.0. The first-order valence-electron chi connectivity index (χ1n) is 12.3. The Labute approximate surface area is 214 Å². The molecule has 3 aromatic carbocycles. The third kappa shape index (κ3) is 5.66. The number of carbonyl (C=O) groups excluding carboxylic acids is 1. The van der Waals surface area contributed by atoms with Crippen LogP contribution in [0.1, 0.15) is 42.3 Å². The number of benzene rings is 3. The van der Waals surface area contributed by atoms with Gasteiger partial charge in [0.2, 0.25) is 5.91 Å². The number of aromatic nitrogens is 2. The van der Waals surface area contributed by atoms with Gasteiger partial charge in [0.1, 0.15) is 11.9 Å². The molecule has 0 aliphatic carbocycles. The fourth-order valence-corrected chi connectivity index (χ4v) is 4.83. The van der Waals surface area contributed by atoms with Crippen molar-refractivity contribution >= 4 is 28.4 Å². The minimum absolute atomic E-state index is 0.0499. The van der Waals surface area contributed by atoms with Crippen LogP contribution in [0.15, 0.2) is 83.7 Å². The second kappa shape index (κ2) is 11.1. The number of hydrogen-bond donors (Lipinski definition) is 1. The quantitative estimate of drug-likeness (QED) is 0.366. The number of fused-ring (bicyclic) bond motifs is 1. The SMILES string of the molecule is O=C1CCCC(COC(Cc2ccccc2)c2nc3cc(Cl)ccc3c(=O)n2Cc2ccccc2)N1. The molecule has 2 unspecified atom stereocenters. The third-order valence-electron chi connectivity index (χ3n) is 6.50. The van der Waals surface area contributed by atoms with Crippen LogP contribution in [-0.2, 0) is 22.5 Å². The van der Waals surface area contributed by atoms with E-state index < -0.39 is 6.10 Å². The van der Waals surface area contributed by atoms with E-state index in [0.717, 1.165) is 24.0 Å². The number of nitrogens with zero attached hydrogens (tertiary/aromatic N) is 2. The molecular weight excluding hydrogens is 474 g/mol. The molecule has 1 aliphatic rings. The van der Waals surface area contributed by atoms with Crippen LogP contribution in [-0.4, -0.2) is 28.1 Å². The minimum Gasteiger partial charge on any atom is -0.368 e. The summed E-state index contributed by atoms with van der Waals surface area (Å²) in [6.07, 6.45) is 2.30. The molecular formula is C29H28ClN3O3. The number of amides is 1. The molecule has 1 aliphatic heterocycles. The summed E-state index contributed by atoms with van der Waals surface area (Å²) in [5.41, 5.74) is 2.47. The Kier molecular flexibility index (Phi) is 7.44. The molecule has 2 heterocycles. The van der Waals surface area contributed by atoms with E-state index in [1.54, 1.807) is 22.8 Å². The Morgan fingerprint density at radius 1 is 1.00 bits per heavy atom. The zero-order chi connectivity index (χ0) is 24.9. The van der Waals surface area contributed by atoms with E-state index >= 15 is 0 Å². The van der Waals surface area contributed by atoms with Crippen molar-refractivity contribution in [2.24, 2.45) is 0 Å². The van der Waals surface area contributed by atoms with Crippen molar-refractivity contribution < 1.29 is 9.53 Å². The largest absolute Gasteiger partial charge is 0.368 e. The van der Waals surface area contributed by atoms with Gasteiger partial charge in [0.25, 0.3) is 5.56 Å². The average Bonchev–Trinajstić information content (AvgIpc) is 2.89. The lowest BCUT2D eigenvalue weighted by atomic mass is 10.0. The van der Waals surface area contributed by atoms with E-state index in [1.165, 1.54) is 0 Å². The maximum absolute atomic E-state index is 13.7. The molecule has 6 nitrogen and oxygen atoms in total. The van der Waals surface area contributed by atoms with E-state index in [2.05, 4.69) is 5.32 Å². The Morgan fingerprint density at radius 2 is 1.72 bits per heavy atom. The standard InChI is InChI=1S/C29H28ClN3O3/c30-22-14-15-24-25(17-22)32-28(33(29(24)35)18-21-10-5-2-6-11-21)26(16-20-8-3-1-4-9-20)36-19-23-12-7-13-27(34)31-23/h1-6,8-11,14-15,17,23,26H,7,12-13,16,18-19H2,(H,31,34). The highest BCUT2D eigenvalue weighted by Gasteiger charge is 2.25. The number of nitrogens with one attached hydrogen (secondary N) is 1. The first-order valence-corrected chi connectivity index (χ1v) is 12.6. The molecule has 1 aromatic heterocycles. The minimum atomic E-state index is -0.494. The normalized spacial score (nSPS) is 16.6. The van der Waals surface area contributed by atoms with Gasteiger partial charge in [-0.3, -0.25) is 14.2 Å². The van der Waals surface area contributed by atoms with Crippen molar-refractivity contribution in [1.82, 2.24) is 14.9 Å². The lowest BCUT2D eigenvalue weighted by Gasteiger charge is -2.27. The monoisotopic (exact) mass is 501 g/mol. The van der Waals surface area contributed by atoms with E-state index in [9.17, 15) is 9.59 Å². The highest BCUT2D eigenvalue weighted by molar-refractivity contribution is 6.31. The number of piperidine rings is 1. The molecule has 0 radical (unpaired) electrons. The van der Waals surface area contributed by atoms with Gasteiger partial charge in [0.05, 0.1) is 30.1 Å². The van der Waals surface area contributed by atoms with Gasteiger partial charge < -0.3 is 10.1 Å². The summed E-state index contributed by atoms with van der Waals surface area (Å²) in [4.78, 5) is 30.6. The van der Waals surface area contributed by atoms with Crippen molar-refractivity contribution in [2.75, 3.05) is 6.61 Å². The van der Waals surface area contributed by atoms with Gasteiger partial charge in [-0.05, 0) is 42.2 Å². The number of rotatable bonds is 8. The first-order chi connectivity index (χ1) is 17.6. The Balaban J connectivity index is 1.58. The highest BCUT2D eigenvalue weighted by atomic mass is 35.5. The van der Waals surface area contributed by atoms with Gasteiger partial charge in [0, 0.05) is 17.9 Å². The third-order valence-corrected chi connectivity index (χ3v) is 6.74. The number of carbonyl (C=O) groups is 1. The Bertz CT molecular complexity index is 1410. The molecule has 0 saturated carbocycles. The molecule has 7 heteroatoms. The fraction of sp³-hybridized carbons (Fsp3) is 0.276. The molecule has 1 N–H and O–H groups in total. The number of ether oxygens (including phenoxy) is 1. The van der Waals surface area contributed by atoms with Crippen LogP contribution in [0.5, 0.6) is 0 Å². The van der Waals surface area contributed by atoms with E-state index in [0.29, 0.717) is 47.7 Å². The van der Waals surface area contributed by atoms with Gasteiger partial charge in [-0.2, -0.15) is 0 Å². The molecule has 1 amide bonds. The zero-order valence-corrected chi connectivity index (χ0v) is 20.7. The molecule has 184 valence electrons. The van der Waals surface area contributed by atoms with Crippen molar-refractivity contribution in [3.63, 3.8) is 0 Å². The molecule has 4 aromatic rings. The van der Waals surface area contributed by atoms with Gasteiger partial charge in [-0.1, -0.05) is 72.3 Å². The topological polar surface area (TPSA) is 73.2 Å². The van der Waals surface area contributed by atoms with Crippen LogP contribution in [0, 0.1) is 0 Å². The maximum atomic E-state index is 13.7. The Morgan fingerprint density at radius 3 is 2.44 bits per heavy atom. The van der Waals surface area contributed by atoms with E-state index in [4.69, 9.17) is 21.3 Å². The van der Waals surface area contributed by atoms with Crippen LogP contribution in [0.4, 0.5) is 0 Å². The lowest BCUT2D eigenvalue weighted by molar-refractivity contribution is -0.124. The number of hydrogen-bond acceptors (Lipinski definition) is 4. The summed E-state index contributed by atoms with van der Waals surface area (Å²) in [5.74, 6) is 0.596. The lowest BCUT2D eigenvalue weighted by Crippen LogP contribution is -2.42. The molecule has 0 spiro atoms. The van der Waals surface area contributed by atoms with Gasteiger partial charge in [0.15, 0.2) is 0 Å². The summed E-state index contributed by atoms with van der Waals surface area (Å²) >= 11 is 6.26. The van der Waals surface area contributed by atoms with Crippen LogP contribution >= 0.6 is 11.6 Å². The van der Waals surface area contributed by atoms with Gasteiger partial charge in [-0.15, -0.1) is 0 Å². The van der Waals surface area contributed by atoms with E-state index in [1.807, 2.05) is 60.7 Å². The fourth-order valence-electron chi connectivity index (χ4n) is 4.67. The van der Waals surface area contributed by atoms with E-state index in [-0.39, 0.29) is 17.5 Å². The predicted molar refractivity (Wildman–Crippen MR) is 141 cm³/mol. The summed E-state index contributed by atoms with van der Waals surface area (Å²) in [5, 5.41) is 4.05. The molecule has 1 saturated heterocycles. The smallest absolute Gasteiger partial charge is 0.261 e. The Hall–Kier alpha value is -3.48. The molecule has 5 rings (SSSR count). The van der Waals surface area contributed by atoms with Crippen molar-refractivity contribution in [3.8, 4) is 0 Å².